The molecule has 2 aliphatic heterocycles. The topological polar surface area (TPSA) is 110 Å². The van der Waals surface area contributed by atoms with Crippen molar-refractivity contribution in [1.29, 1.82) is 0 Å². The molecule has 140 valence electrons. The first kappa shape index (κ1) is 17.0. The summed E-state index contributed by atoms with van der Waals surface area (Å²) in [7, 11) is 0. The molecule has 0 saturated carbocycles. The van der Waals surface area contributed by atoms with E-state index in [9.17, 15) is 4.79 Å². The fourth-order valence-electron chi connectivity index (χ4n) is 3.39. The van der Waals surface area contributed by atoms with Crippen LogP contribution in [-0.4, -0.2) is 52.8 Å². The van der Waals surface area contributed by atoms with E-state index in [1.807, 2.05) is 12.1 Å². The Morgan fingerprint density at radius 3 is 2.96 bits per heavy atom. The average molecular weight is 362 g/mol. The molecule has 0 spiro atoms. The van der Waals surface area contributed by atoms with Crippen LogP contribution in [0.3, 0.4) is 0 Å². The number of ether oxygens (including phenoxy) is 4. The van der Waals surface area contributed by atoms with Crippen LogP contribution in [0.4, 0.5) is 10.6 Å². The van der Waals surface area contributed by atoms with Crippen molar-refractivity contribution in [2.75, 3.05) is 25.6 Å². The lowest BCUT2D eigenvalue weighted by molar-refractivity contribution is -0.0478. The van der Waals surface area contributed by atoms with E-state index in [4.69, 9.17) is 24.7 Å². The van der Waals surface area contributed by atoms with Crippen LogP contribution < -0.4 is 5.73 Å². The Morgan fingerprint density at radius 1 is 1.27 bits per heavy atom. The summed E-state index contributed by atoms with van der Waals surface area (Å²) in [5.41, 5.74) is 7.53. The number of carbonyl (C=O) groups excluding carboxylic acids is 1. The summed E-state index contributed by atoms with van der Waals surface area (Å²) in [5.74, 6) is 0.431. The second kappa shape index (κ2) is 7.46. The first-order valence-electron chi connectivity index (χ1n) is 8.85. The highest BCUT2D eigenvalue weighted by Gasteiger charge is 2.30. The van der Waals surface area contributed by atoms with Crippen molar-refractivity contribution < 1.29 is 23.7 Å². The zero-order valence-corrected chi connectivity index (χ0v) is 14.4. The molecule has 0 amide bonds. The molecule has 9 nitrogen and oxygen atoms in total. The fourth-order valence-corrected chi connectivity index (χ4v) is 3.39. The first-order valence-corrected chi connectivity index (χ1v) is 8.85. The molecule has 9 heteroatoms. The summed E-state index contributed by atoms with van der Waals surface area (Å²) in [6.07, 6.45) is 3.42. The van der Waals surface area contributed by atoms with Gasteiger partial charge >= 0.3 is 6.16 Å². The number of aromatic nitrogens is 3. The second-order valence-electron chi connectivity index (χ2n) is 6.52. The van der Waals surface area contributed by atoms with E-state index in [-0.39, 0.29) is 24.9 Å². The molecule has 2 fully saturated rings. The summed E-state index contributed by atoms with van der Waals surface area (Å²) in [5, 5.41) is 4.24. The van der Waals surface area contributed by atoms with Gasteiger partial charge < -0.3 is 24.7 Å². The lowest BCUT2D eigenvalue weighted by Crippen LogP contribution is -2.28. The molecule has 0 aliphatic carbocycles. The van der Waals surface area contributed by atoms with E-state index in [0.29, 0.717) is 31.9 Å². The van der Waals surface area contributed by atoms with Crippen molar-refractivity contribution in [3.63, 3.8) is 0 Å². The van der Waals surface area contributed by atoms with Gasteiger partial charge in [-0.1, -0.05) is 0 Å². The summed E-state index contributed by atoms with van der Waals surface area (Å²) in [6.45, 7) is 1.41. The normalized spacial score (nSPS) is 24.0. The molecule has 2 aromatic rings. The van der Waals surface area contributed by atoms with Gasteiger partial charge in [0.25, 0.3) is 0 Å². The summed E-state index contributed by atoms with van der Waals surface area (Å²) < 4.78 is 23.5. The third-order valence-corrected chi connectivity index (χ3v) is 4.77. The van der Waals surface area contributed by atoms with E-state index in [2.05, 4.69) is 10.1 Å². The predicted octanol–water partition coefficient (Wildman–Crippen LogP) is 1.86. The lowest BCUT2D eigenvalue weighted by Gasteiger charge is -2.22. The van der Waals surface area contributed by atoms with Crippen molar-refractivity contribution >= 4 is 17.5 Å². The largest absolute Gasteiger partial charge is 0.508 e. The van der Waals surface area contributed by atoms with E-state index >= 15 is 0 Å². The molecule has 0 aromatic carbocycles. The van der Waals surface area contributed by atoms with Gasteiger partial charge in [-0.2, -0.15) is 5.10 Å². The smallest absolute Gasteiger partial charge is 0.432 e. The SMILES string of the molecule is Nc1ncnn2c(C3CCC(COC(=O)OC4CCOCC4)O3)ccc12. The van der Waals surface area contributed by atoms with Gasteiger partial charge in [-0.3, -0.25) is 0 Å². The van der Waals surface area contributed by atoms with Crippen molar-refractivity contribution in [1.82, 2.24) is 14.6 Å². The Bertz CT molecular complexity index is 774. The molecule has 0 radical (unpaired) electrons. The Morgan fingerprint density at radius 2 is 2.12 bits per heavy atom. The molecule has 2 unspecified atom stereocenters. The number of carbonyl (C=O) groups is 1. The van der Waals surface area contributed by atoms with E-state index < -0.39 is 6.16 Å². The van der Waals surface area contributed by atoms with Crippen LogP contribution in [0.5, 0.6) is 0 Å². The summed E-state index contributed by atoms with van der Waals surface area (Å²) in [4.78, 5) is 15.8. The van der Waals surface area contributed by atoms with Crippen LogP contribution in [0.25, 0.3) is 5.52 Å². The van der Waals surface area contributed by atoms with Gasteiger partial charge in [-0.15, -0.1) is 0 Å². The summed E-state index contributed by atoms with van der Waals surface area (Å²) in [6, 6.07) is 3.82. The minimum Gasteiger partial charge on any atom is -0.432 e. The van der Waals surface area contributed by atoms with Gasteiger partial charge in [0.05, 0.1) is 25.0 Å². The van der Waals surface area contributed by atoms with Crippen LogP contribution >= 0.6 is 0 Å². The Kier molecular flexibility index (Phi) is 4.89. The maximum atomic E-state index is 11.8. The van der Waals surface area contributed by atoms with Crippen LogP contribution in [0.2, 0.25) is 0 Å². The van der Waals surface area contributed by atoms with E-state index in [1.54, 1.807) is 4.52 Å². The van der Waals surface area contributed by atoms with Gasteiger partial charge in [0, 0.05) is 12.8 Å². The van der Waals surface area contributed by atoms with E-state index in [0.717, 1.165) is 24.1 Å². The molecule has 2 atom stereocenters. The molecule has 0 bridgehead atoms. The number of nitrogens with zero attached hydrogens (tertiary/aromatic N) is 3. The van der Waals surface area contributed by atoms with Gasteiger partial charge in [-0.05, 0) is 25.0 Å². The second-order valence-corrected chi connectivity index (χ2v) is 6.52. The number of fused-ring (bicyclic) bond motifs is 1. The van der Waals surface area contributed by atoms with Crippen LogP contribution in [0, 0.1) is 0 Å². The number of anilines is 1. The average Bonchev–Trinajstić information content (AvgIpc) is 3.28. The van der Waals surface area contributed by atoms with Gasteiger partial charge in [0.1, 0.15) is 30.7 Å². The van der Waals surface area contributed by atoms with Crippen molar-refractivity contribution in [2.24, 2.45) is 0 Å². The maximum Gasteiger partial charge on any atom is 0.508 e. The Labute approximate surface area is 150 Å². The number of hydrogen-bond acceptors (Lipinski definition) is 8. The third-order valence-electron chi connectivity index (χ3n) is 4.77. The molecular weight excluding hydrogens is 340 g/mol. The number of nitrogen functional groups attached to an aromatic ring is 1. The quantitative estimate of drug-likeness (QED) is 0.821. The van der Waals surface area contributed by atoms with Crippen LogP contribution in [-0.2, 0) is 18.9 Å². The van der Waals surface area contributed by atoms with Crippen LogP contribution in [0.1, 0.15) is 37.5 Å². The molecule has 2 N–H and O–H groups in total. The summed E-state index contributed by atoms with van der Waals surface area (Å²) >= 11 is 0. The highest BCUT2D eigenvalue weighted by Crippen LogP contribution is 2.34. The highest BCUT2D eigenvalue weighted by molar-refractivity contribution is 5.65. The number of hydrogen-bond donors (Lipinski definition) is 1. The zero-order valence-electron chi connectivity index (χ0n) is 14.4. The third kappa shape index (κ3) is 3.58. The minimum atomic E-state index is -0.641. The molecule has 2 aliphatic rings. The maximum absolute atomic E-state index is 11.8. The fraction of sp³-hybridized carbons (Fsp3) is 0.588. The molecule has 26 heavy (non-hydrogen) atoms. The van der Waals surface area contributed by atoms with Crippen molar-refractivity contribution in [3.8, 4) is 0 Å². The van der Waals surface area contributed by atoms with Crippen molar-refractivity contribution in [2.45, 2.75) is 44.0 Å². The lowest BCUT2D eigenvalue weighted by atomic mass is 10.1. The molecule has 4 rings (SSSR count). The molecule has 4 heterocycles. The van der Waals surface area contributed by atoms with Gasteiger partial charge in [0.15, 0.2) is 5.82 Å². The monoisotopic (exact) mass is 362 g/mol. The zero-order chi connectivity index (χ0) is 17.9. The molecule has 2 saturated heterocycles. The standard InChI is InChI=1S/C17H22N4O5/c18-16-14-3-2-13(21(14)20-10-19-16)15-4-1-12(25-15)9-24-17(22)26-11-5-7-23-8-6-11/h2-3,10-12,15H,1,4-9H2,(H2,18,19,20). The first-order chi connectivity index (χ1) is 12.7. The van der Waals surface area contributed by atoms with Gasteiger partial charge in [0.2, 0.25) is 0 Å². The van der Waals surface area contributed by atoms with Crippen LogP contribution in [0.15, 0.2) is 18.5 Å². The Hall–Kier alpha value is -2.39. The van der Waals surface area contributed by atoms with Gasteiger partial charge in [-0.25, -0.2) is 14.3 Å². The number of rotatable bonds is 4. The highest BCUT2D eigenvalue weighted by atomic mass is 16.7. The predicted molar refractivity (Wildman–Crippen MR) is 90.5 cm³/mol. The van der Waals surface area contributed by atoms with Crippen molar-refractivity contribution in [3.05, 3.63) is 24.2 Å². The number of nitrogens with two attached hydrogens (primary N) is 1. The molecule has 2 aromatic heterocycles. The molecular formula is C17H22N4O5. The minimum absolute atomic E-state index is 0.119. The Balaban J connectivity index is 1.29. The van der Waals surface area contributed by atoms with E-state index in [1.165, 1.54) is 6.33 Å².